The number of rotatable bonds is 4. The van der Waals surface area contributed by atoms with Crippen LogP contribution >= 0.6 is 0 Å². The average molecular weight is 382 g/mol. The van der Waals surface area contributed by atoms with E-state index < -0.39 is 0 Å². The van der Waals surface area contributed by atoms with Crippen LogP contribution in [0.5, 0.6) is 11.5 Å². The van der Waals surface area contributed by atoms with E-state index >= 15 is 0 Å². The van der Waals surface area contributed by atoms with E-state index in [4.69, 9.17) is 14.5 Å². The van der Waals surface area contributed by atoms with Crippen molar-refractivity contribution in [3.05, 3.63) is 47.0 Å². The van der Waals surface area contributed by atoms with Crippen LogP contribution in [0.3, 0.4) is 0 Å². The standard InChI is InChI=1S/C21H26N4O3/c1-24-8-6-14(12-24)20-22-11-15-13-25(9-7-18(15)23-20)21(26)17-10-16(27-2)4-5-19(17)28-3/h4-5,10-11,14H,6-9,12-13H2,1-3H3/t14-/m0/s1. The first kappa shape index (κ1) is 18.7. The fourth-order valence-electron chi connectivity index (χ4n) is 4.00. The molecule has 2 aromatic rings. The maximum absolute atomic E-state index is 13.1. The number of methoxy groups -OCH3 is 2. The van der Waals surface area contributed by atoms with Gasteiger partial charge >= 0.3 is 0 Å². The largest absolute Gasteiger partial charge is 0.497 e. The molecule has 0 aliphatic carbocycles. The zero-order valence-electron chi connectivity index (χ0n) is 16.6. The molecule has 1 aromatic heterocycles. The van der Waals surface area contributed by atoms with Gasteiger partial charge in [0, 0.05) is 43.7 Å². The zero-order valence-corrected chi connectivity index (χ0v) is 16.6. The lowest BCUT2D eigenvalue weighted by atomic mass is 10.0. The summed E-state index contributed by atoms with van der Waals surface area (Å²) in [6.07, 6.45) is 3.75. The monoisotopic (exact) mass is 382 g/mol. The predicted molar refractivity (Wildman–Crippen MR) is 105 cm³/mol. The quantitative estimate of drug-likeness (QED) is 0.807. The van der Waals surface area contributed by atoms with Crippen LogP contribution in [-0.4, -0.2) is 66.6 Å². The SMILES string of the molecule is COc1ccc(OC)c(C(=O)N2CCc3nc([C@H]4CCN(C)C4)ncc3C2)c1. The van der Waals surface area contributed by atoms with Crippen LogP contribution in [0.25, 0.3) is 0 Å². The highest BCUT2D eigenvalue weighted by molar-refractivity contribution is 5.97. The van der Waals surface area contributed by atoms with E-state index in [1.807, 2.05) is 11.1 Å². The third-order valence-corrected chi connectivity index (χ3v) is 5.63. The fourth-order valence-corrected chi connectivity index (χ4v) is 4.00. The summed E-state index contributed by atoms with van der Waals surface area (Å²) in [6.45, 7) is 3.25. The molecule has 0 spiro atoms. The summed E-state index contributed by atoms with van der Waals surface area (Å²) in [5, 5.41) is 0. The third-order valence-electron chi connectivity index (χ3n) is 5.63. The number of likely N-dealkylation sites (N-methyl/N-ethyl adjacent to an activating group) is 1. The Morgan fingerprint density at radius 3 is 2.79 bits per heavy atom. The summed E-state index contributed by atoms with van der Waals surface area (Å²) in [6, 6.07) is 5.28. The Morgan fingerprint density at radius 2 is 2.07 bits per heavy atom. The van der Waals surface area contributed by atoms with E-state index in [1.165, 1.54) is 0 Å². The molecule has 2 aliphatic heterocycles. The van der Waals surface area contributed by atoms with E-state index in [1.54, 1.807) is 32.4 Å². The molecule has 3 heterocycles. The minimum Gasteiger partial charge on any atom is -0.497 e. The molecular weight excluding hydrogens is 356 g/mol. The van der Waals surface area contributed by atoms with E-state index in [9.17, 15) is 4.79 Å². The molecule has 7 nitrogen and oxygen atoms in total. The Hall–Kier alpha value is -2.67. The second kappa shape index (κ2) is 7.75. The topological polar surface area (TPSA) is 67.8 Å². The highest BCUT2D eigenvalue weighted by atomic mass is 16.5. The maximum atomic E-state index is 13.1. The van der Waals surface area contributed by atoms with Crippen molar-refractivity contribution in [2.24, 2.45) is 0 Å². The molecule has 0 saturated carbocycles. The van der Waals surface area contributed by atoms with Gasteiger partial charge in [-0.3, -0.25) is 4.79 Å². The molecule has 4 rings (SSSR count). The first-order valence-corrected chi connectivity index (χ1v) is 9.63. The number of ether oxygens (including phenoxy) is 2. The van der Waals surface area contributed by atoms with Crippen molar-refractivity contribution in [3.63, 3.8) is 0 Å². The van der Waals surface area contributed by atoms with Gasteiger partial charge < -0.3 is 19.3 Å². The zero-order chi connectivity index (χ0) is 19.7. The molecule has 1 fully saturated rings. The first-order chi connectivity index (χ1) is 13.6. The van der Waals surface area contributed by atoms with Crippen LogP contribution in [0.1, 0.15) is 39.8 Å². The number of hydrogen-bond donors (Lipinski definition) is 0. The number of fused-ring (bicyclic) bond motifs is 1. The predicted octanol–water partition coefficient (Wildman–Crippen LogP) is 2.11. The van der Waals surface area contributed by atoms with Gasteiger partial charge in [-0.1, -0.05) is 0 Å². The van der Waals surface area contributed by atoms with Crippen LogP contribution in [0.2, 0.25) is 0 Å². The van der Waals surface area contributed by atoms with Gasteiger partial charge in [0.1, 0.15) is 17.3 Å². The Labute approximate surface area is 165 Å². The number of carbonyl (C=O) groups is 1. The molecule has 1 atom stereocenters. The second-order valence-corrected chi connectivity index (χ2v) is 7.49. The summed E-state index contributed by atoms with van der Waals surface area (Å²) < 4.78 is 10.6. The second-order valence-electron chi connectivity index (χ2n) is 7.49. The van der Waals surface area contributed by atoms with Crippen molar-refractivity contribution in [1.29, 1.82) is 0 Å². The molecule has 1 saturated heterocycles. The van der Waals surface area contributed by atoms with E-state index in [0.29, 0.717) is 36.1 Å². The Morgan fingerprint density at radius 1 is 1.21 bits per heavy atom. The molecule has 7 heteroatoms. The van der Waals surface area contributed by atoms with Crippen molar-refractivity contribution < 1.29 is 14.3 Å². The molecule has 0 unspecified atom stereocenters. The lowest BCUT2D eigenvalue weighted by molar-refractivity contribution is 0.0729. The van der Waals surface area contributed by atoms with Gasteiger partial charge in [-0.25, -0.2) is 9.97 Å². The van der Waals surface area contributed by atoms with Gasteiger partial charge in [0.05, 0.1) is 25.5 Å². The molecule has 28 heavy (non-hydrogen) atoms. The lowest BCUT2D eigenvalue weighted by Gasteiger charge is -2.29. The van der Waals surface area contributed by atoms with Crippen LogP contribution in [-0.2, 0) is 13.0 Å². The van der Waals surface area contributed by atoms with Crippen LogP contribution in [0, 0.1) is 0 Å². The van der Waals surface area contributed by atoms with Gasteiger partial charge in [0.25, 0.3) is 5.91 Å². The molecule has 148 valence electrons. The van der Waals surface area contributed by atoms with Crippen molar-refractivity contribution in [2.75, 3.05) is 40.9 Å². The molecular formula is C21H26N4O3. The van der Waals surface area contributed by atoms with Crippen LogP contribution < -0.4 is 9.47 Å². The highest BCUT2D eigenvalue weighted by Crippen LogP contribution is 2.29. The van der Waals surface area contributed by atoms with Gasteiger partial charge in [0.2, 0.25) is 0 Å². The molecule has 1 amide bonds. The van der Waals surface area contributed by atoms with Crippen molar-refractivity contribution >= 4 is 5.91 Å². The molecule has 0 N–H and O–H groups in total. The first-order valence-electron chi connectivity index (χ1n) is 9.63. The minimum absolute atomic E-state index is 0.0668. The Bertz CT molecular complexity index is 886. The maximum Gasteiger partial charge on any atom is 0.258 e. The van der Waals surface area contributed by atoms with Gasteiger partial charge in [-0.2, -0.15) is 0 Å². The Kier molecular flexibility index (Phi) is 5.17. The van der Waals surface area contributed by atoms with Gasteiger partial charge in [-0.15, -0.1) is 0 Å². The van der Waals surface area contributed by atoms with Crippen molar-refractivity contribution in [3.8, 4) is 11.5 Å². The van der Waals surface area contributed by atoms with Gasteiger partial charge in [-0.05, 0) is 38.2 Å². The van der Waals surface area contributed by atoms with Crippen molar-refractivity contribution in [1.82, 2.24) is 19.8 Å². The number of nitrogens with zero attached hydrogens (tertiary/aromatic N) is 4. The smallest absolute Gasteiger partial charge is 0.258 e. The van der Waals surface area contributed by atoms with Crippen LogP contribution in [0.4, 0.5) is 0 Å². The van der Waals surface area contributed by atoms with Crippen LogP contribution in [0.15, 0.2) is 24.4 Å². The summed E-state index contributed by atoms with van der Waals surface area (Å²) >= 11 is 0. The van der Waals surface area contributed by atoms with E-state index in [0.717, 1.165) is 43.0 Å². The van der Waals surface area contributed by atoms with E-state index in [-0.39, 0.29) is 5.91 Å². The number of benzene rings is 1. The van der Waals surface area contributed by atoms with Gasteiger partial charge in [0.15, 0.2) is 0 Å². The fraction of sp³-hybridized carbons (Fsp3) is 0.476. The summed E-state index contributed by atoms with van der Waals surface area (Å²) in [5.74, 6) is 2.47. The van der Waals surface area contributed by atoms with Crippen molar-refractivity contribution in [2.45, 2.75) is 25.3 Å². The average Bonchev–Trinajstić information content (AvgIpc) is 3.18. The summed E-state index contributed by atoms with van der Waals surface area (Å²) in [5.41, 5.74) is 2.61. The molecule has 0 radical (unpaired) electrons. The Balaban J connectivity index is 1.53. The number of carbonyl (C=O) groups excluding carboxylic acids is 1. The third kappa shape index (κ3) is 3.54. The molecule has 2 aliphatic rings. The normalized spacial score (nSPS) is 19.4. The summed E-state index contributed by atoms with van der Waals surface area (Å²) in [7, 11) is 5.29. The number of aromatic nitrogens is 2. The number of hydrogen-bond acceptors (Lipinski definition) is 6. The molecule has 0 bridgehead atoms. The van der Waals surface area contributed by atoms with E-state index in [2.05, 4.69) is 16.9 Å². The number of amides is 1. The minimum atomic E-state index is -0.0668. The lowest BCUT2D eigenvalue weighted by Crippen LogP contribution is -2.37. The highest BCUT2D eigenvalue weighted by Gasteiger charge is 2.28. The number of likely N-dealkylation sites (tertiary alicyclic amines) is 1. The molecule has 1 aromatic carbocycles. The summed E-state index contributed by atoms with van der Waals surface area (Å²) in [4.78, 5) is 26.7.